The third-order valence-corrected chi connectivity index (χ3v) is 5.98. The van der Waals surface area contributed by atoms with E-state index < -0.39 is 0 Å². The van der Waals surface area contributed by atoms with Gasteiger partial charge in [0.25, 0.3) is 11.5 Å². The van der Waals surface area contributed by atoms with Crippen LogP contribution in [0.4, 0.5) is 0 Å². The molecule has 3 rings (SSSR count). The molecule has 2 aromatic rings. The maximum Gasteiger partial charge on any atom is 0.260 e. The minimum absolute atomic E-state index is 0.163. The van der Waals surface area contributed by atoms with Gasteiger partial charge in [0.05, 0.1) is 0 Å². The quantitative estimate of drug-likeness (QED) is 0.926. The van der Waals surface area contributed by atoms with Gasteiger partial charge in [-0.25, -0.2) is 0 Å². The fourth-order valence-electron chi connectivity index (χ4n) is 2.44. The van der Waals surface area contributed by atoms with Crippen molar-refractivity contribution in [2.45, 2.75) is 11.7 Å². The van der Waals surface area contributed by atoms with Crippen LogP contribution in [-0.2, 0) is 0 Å². The van der Waals surface area contributed by atoms with Crippen LogP contribution in [0.25, 0.3) is 0 Å². The number of H-pyrrole nitrogens is 1. The van der Waals surface area contributed by atoms with Crippen LogP contribution >= 0.6 is 23.1 Å². The molecule has 1 atom stereocenters. The average molecular weight is 320 g/mol. The van der Waals surface area contributed by atoms with Crippen molar-refractivity contribution in [1.29, 1.82) is 0 Å². The molecule has 4 nitrogen and oxygen atoms in total. The van der Waals surface area contributed by atoms with Crippen molar-refractivity contribution in [3.8, 4) is 0 Å². The fourth-order valence-corrected chi connectivity index (χ4v) is 4.67. The van der Waals surface area contributed by atoms with Gasteiger partial charge < -0.3 is 9.88 Å². The maximum absolute atomic E-state index is 12.5. The Morgan fingerprint density at radius 1 is 1.29 bits per heavy atom. The lowest BCUT2D eigenvalue weighted by Crippen LogP contribution is -2.36. The summed E-state index contributed by atoms with van der Waals surface area (Å²) >= 11 is 3.66. The van der Waals surface area contributed by atoms with E-state index in [0.29, 0.717) is 18.3 Å². The van der Waals surface area contributed by atoms with Gasteiger partial charge in [0.2, 0.25) is 0 Å². The lowest BCUT2D eigenvalue weighted by molar-refractivity contribution is 0.0765. The van der Waals surface area contributed by atoms with Gasteiger partial charge in [-0.05, 0) is 30.0 Å². The average Bonchev–Trinajstić information content (AvgIpc) is 2.92. The zero-order chi connectivity index (χ0) is 14.7. The Morgan fingerprint density at radius 2 is 2.19 bits per heavy atom. The molecule has 1 unspecified atom stereocenters. The second-order valence-electron chi connectivity index (χ2n) is 4.87. The number of carbonyl (C=O) groups excluding carboxylic acids is 1. The molecule has 1 aliphatic heterocycles. The predicted molar refractivity (Wildman–Crippen MR) is 87.1 cm³/mol. The topological polar surface area (TPSA) is 53.2 Å². The summed E-state index contributed by atoms with van der Waals surface area (Å²) in [6.45, 7) is 1.39. The minimum Gasteiger partial charge on any atom is -0.338 e. The lowest BCUT2D eigenvalue weighted by Gasteiger charge is -2.19. The van der Waals surface area contributed by atoms with Crippen molar-refractivity contribution < 1.29 is 4.79 Å². The van der Waals surface area contributed by atoms with Crippen LogP contribution in [0, 0.1) is 0 Å². The highest BCUT2D eigenvalue weighted by molar-refractivity contribution is 7.99. The molecule has 0 bridgehead atoms. The molecular formula is C15H16N2O2S2. The van der Waals surface area contributed by atoms with Gasteiger partial charge in [-0.1, -0.05) is 6.07 Å². The molecule has 110 valence electrons. The molecule has 3 heterocycles. The normalized spacial score (nSPS) is 19.2. The Balaban J connectivity index is 1.72. The number of hydrogen-bond donors (Lipinski definition) is 1. The summed E-state index contributed by atoms with van der Waals surface area (Å²) < 4.78 is 0. The van der Waals surface area contributed by atoms with Crippen LogP contribution in [-0.4, -0.2) is 34.6 Å². The molecule has 0 aliphatic carbocycles. The van der Waals surface area contributed by atoms with Gasteiger partial charge in [0.1, 0.15) is 5.56 Å². The van der Waals surface area contributed by atoms with E-state index in [0.717, 1.165) is 12.2 Å². The van der Waals surface area contributed by atoms with Crippen molar-refractivity contribution in [2.75, 3.05) is 18.8 Å². The van der Waals surface area contributed by atoms with Crippen LogP contribution in [0.3, 0.4) is 0 Å². The van der Waals surface area contributed by atoms with Crippen molar-refractivity contribution in [2.24, 2.45) is 0 Å². The van der Waals surface area contributed by atoms with E-state index in [2.05, 4.69) is 22.5 Å². The summed E-state index contributed by atoms with van der Waals surface area (Å²) in [5.74, 6) is 0.739. The number of nitrogens with one attached hydrogen (secondary N) is 1. The Labute approximate surface area is 131 Å². The van der Waals surface area contributed by atoms with Gasteiger partial charge in [-0.2, -0.15) is 11.8 Å². The number of amides is 1. The zero-order valence-corrected chi connectivity index (χ0v) is 13.1. The molecule has 1 saturated heterocycles. The van der Waals surface area contributed by atoms with Gasteiger partial charge in [0, 0.05) is 35.2 Å². The monoisotopic (exact) mass is 320 g/mol. The third kappa shape index (κ3) is 3.22. The Kier molecular flexibility index (Phi) is 4.45. The number of thioether (sulfide) groups is 1. The van der Waals surface area contributed by atoms with E-state index in [9.17, 15) is 9.59 Å². The first-order chi connectivity index (χ1) is 10.3. The highest BCUT2D eigenvalue weighted by Gasteiger charge is 2.24. The third-order valence-electron chi connectivity index (χ3n) is 3.54. The second kappa shape index (κ2) is 6.49. The van der Waals surface area contributed by atoms with Crippen molar-refractivity contribution >= 4 is 29.0 Å². The molecule has 0 spiro atoms. The van der Waals surface area contributed by atoms with Gasteiger partial charge in [-0.15, -0.1) is 11.3 Å². The van der Waals surface area contributed by atoms with Crippen LogP contribution < -0.4 is 5.56 Å². The first-order valence-electron chi connectivity index (χ1n) is 6.87. The molecule has 1 N–H and O–H groups in total. The van der Waals surface area contributed by atoms with Gasteiger partial charge in [0.15, 0.2) is 0 Å². The lowest BCUT2D eigenvalue weighted by atomic mass is 10.2. The van der Waals surface area contributed by atoms with E-state index in [4.69, 9.17) is 0 Å². The Bertz CT molecular complexity index is 666. The van der Waals surface area contributed by atoms with Crippen molar-refractivity contribution in [3.05, 3.63) is 56.6 Å². The van der Waals surface area contributed by atoms with E-state index in [-0.39, 0.29) is 17.0 Å². The van der Waals surface area contributed by atoms with Crippen LogP contribution in [0.5, 0.6) is 0 Å². The van der Waals surface area contributed by atoms with Crippen LogP contribution in [0.1, 0.15) is 26.9 Å². The molecule has 0 aromatic carbocycles. The van der Waals surface area contributed by atoms with Crippen molar-refractivity contribution in [3.63, 3.8) is 0 Å². The molecule has 0 radical (unpaired) electrons. The summed E-state index contributed by atoms with van der Waals surface area (Å²) in [6, 6.07) is 7.51. The summed E-state index contributed by atoms with van der Waals surface area (Å²) in [7, 11) is 0. The number of nitrogens with zero attached hydrogens (tertiary/aromatic N) is 1. The number of hydrogen-bond acceptors (Lipinski definition) is 4. The van der Waals surface area contributed by atoms with E-state index in [1.807, 2.05) is 11.8 Å². The summed E-state index contributed by atoms with van der Waals surface area (Å²) in [5, 5.41) is 2.55. The number of rotatable bonds is 2. The number of carbonyl (C=O) groups is 1. The molecule has 0 saturated carbocycles. The minimum atomic E-state index is -0.311. The molecule has 21 heavy (non-hydrogen) atoms. The van der Waals surface area contributed by atoms with E-state index in [1.165, 1.54) is 4.88 Å². The SMILES string of the molecule is O=C(c1ccc[nH]c1=O)N1CCSC(c2cccs2)CC1. The summed E-state index contributed by atoms with van der Waals surface area (Å²) in [6.07, 6.45) is 2.48. The first kappa shape index (κ1) is 14.4. The van der Waals surface area contributed by atoms with E-state index >= 15 is 0 Å². The predicted octanol–water partition coefficient (Wildman–Crippen LogP) is 2.76. The summed E-state index contributed by atoms with van der Waals surface area (Å²) in [4.78, 5) is 29.9. The molecule has 2 aromatic heterocycles. The van der Waals surface area contributed by atoms with Crippen LogP contribution in [0.2, 0.25) is 0 Å². The van der Waals surface area contributed by atoms with Crippen LogP contribution in [0.15, 0.2) is 40.6 Å². The van der Waals surface area contributed by atoms with Crippen molar-refractivity contribution in [1.82, 2.24) is 9.88 Å². The number of thiophene rings is 1. The smallest absolute Gasteiger partial charge is 0.260 e. The maximum atomic E-state index is 12.5. The van der Waals surface area contributed by atoms with E-state index in [1.54, 1.807) is 34.6 Å². The Morgan fingerprint density at radius 3 is 2.95 bits per heavy atom. The fraction of sp³-hybridized carbons (Fsp3) is 0.333. The summed E-state index contributed by atoms with van der Waals surface area (Å²) in [5.41, 5.74) is -0.0775. The second-order valence-corrected chi connectivity index (χ2v) is 7.16. The highest BCUT2D eigenvalue weighted by atomic mass is 32.2. The first-order valence-corrected chi connectivity index (χ1v) is 8.80. The zero-order valence-electron chi connectivity index (χ0n) is 11.5. The Hall–Kier alpha value is -1.53. The molecule has 6 heteroatoms. The standard InChI is InChI=1S/C15H16N2O2S2/c18-14-11(3-1-6-16-14)15(19)17-7-5-13(21-10-8-17)12-4-2-9-20-12/h1-4,6,9,13H,5,7-8,10H2,(H,16,18). The molecule has 1 fully saturated rings. The number of aromatic nitrogens is 1. The number of aromatic amines is 1. The van der Waals surface area contributed by atoms with Gasteiger partial charge in [-0.3, -0.25) is 9.59 Å². The van der Waals surface area contributed by atoms with Gasteiger partial charge >= 0.3 is 0 Å². The number of pyridine rings is 1. The highest BCUT2D eigenvalue weighted by Crippen LogP contribution is 2.36. The largest absolute Gasteiger partial charge is 0.338 e. The molecule has 1 aliphatic rings. The molecular weight excluding hydrogens is 304 g/mol. The molecule has 1 amide bonds.